The van der Waals surface area contributed by atoms with Crippen molar-refractivity contribution in [1.29, 1.82) is 0 Å². The Morgan fingerprint density at radius 2 is 1.91 bits per heavy atom. The highest BCUT2D eigenvalue weighted by Gasteiger charge is 2.41. The van der Waals surface area contributed by atoms with Crippen LogP contribution in [0.3, 0.4) is 0 Å². The van der Waals surface area contributed by atoms with Crippen molar-refractivity contribution in [3.05, 3.63) is 34.3 Å². The van der Waals surface area contributed by atoms with E-state index < -0.39 is 5.91 Å². The van der Waals surface area contributed by atoms with Crippen LogP contribution in [0.5, 0.6) is 0 Å². The number of hydrogen-bond acceptors (Lipinski definition) is 6. The van der Waals surface area contributed by atoms with E-state index in [-0.39, 0.29) is 17.3 Å². The summed E-state index contributed by atoms with van der Waals surface area (Å²) in [5.74, 6) is -0.868. The van der Waals surface area contributed by atoms with Crippen LogP contribution < -0.4 is 11.5 Å². The monoisotopic (exact) mass is 445 g/mol. The number of hydrogen-bond donors (Lipinski definition) is 1. The number of amides is 1. The molecule has 32 heavy (non-hydrogen) atoms. The van der Waals surface area contributed by atoms with Crippen LogP contribution in [0.25, 0.3) is 11.1 Å². The molecular weight excluding hydrogens is 410 g/mol. The number of aromatic nitrogens is 1. The minimum absolute atomic E-state index is 0.0609. The van der Waals surface area contributed by atoms with Gasteiger partial charge in [-0.05, 0) is 63.1 Å². The van der Waals surface area contributed by atoms with E-state index in [1.807, 2.05) is 0 Å². The molecule has 0 spiro atoms. The van der Waals surface area contributed by atoms with E-state index in [1.54, 1.807) is 29.9 Å². The van der Waals surface area contributed by atoms with Gasteiger partial charge < -0.3 is 19.6 Å². The number of carbonyl (C=O) groups excluding carboxylic acids is 1. The summed E-state index contributed by atoms with van der Waals surface area (Å²) in [5.41, 5.74) is 7.20. The maximum atomic E-state index is 12.6. The summed E-state index contributed by atoms with van der Waals surface area (Å²) in [6, 6.07) is 4.99. The van der Waals surface area contributed by atoms with Crippen molar-refractivity contribution in [1.82, 2.24) is 9.47 Å². The van der Waals surface area contributed by atoms with Gasteiger partial charge in [0.15, 0.2) is 5.58 Å². The highest BCUT2D eigenvalue weighted by atomic mass is 16.5. The number of nitrogens with zero attached hydrogens (tertiary/aromatic N) is 2. The molecule has 1 amide bonds. The van der Waals surface area contributed by atoms with Gasteiger partial charge in [0.25, 0.3) is 0 Å². The quantitative estimate of drug-likeness (QED) is 0.627. The zero-order chi connectivity index (χ0) is 22.7. The molecule has 2 N–H and O–H groups in total. The molecule has 8 nitrogen and oxygen atoms in total. The normalized spacial score (nSPS) is 25.4. The standard InChI is InChI=1S/C24H35N3O5/c1-3-24(10-6-19(7-11-24)31-15-14-30-2)26-12-8-18(9-13-26)27-20-16-17(22(25)28)4-5-21(20)32-23(27)29/h4-5,16,18-19H,3,6-15H2,1-2H3,(H2,25,28). The van der Waals surface area contributed by atoms with E-state index in [1.165, 1.54) is 0 Å². The van der Waals surface area contributed by atoms with Crippen molar-refractivity contribution in [3.8, 4) is 0 Å². The van der Waals surface area contributed by atoms with Crippen molar-refractivity contribution in [2.75, 3.05) is 33.4 Å². The van der Waals surface area contributed by atoms with Gasteiger partial charge in [0, 0.05) is 37.3 Å². The number of likely N-dealkylation sites (tertiary alicyclic amines) is 1. The van der Waals surface area contributed by atoms with E-state index in [4.69, 9.17) is 19.6 Å². The van der Waals surface area contributed by atoms with Gasteiger partial charge in [-0.3, -0.25) is 14.3 Å². The summed E-state index contributed by atoms with van der Waals surface area (Å²) in [4.78, 5) is 26.8. The van der Waals surface area contributed by atoms with Gasteiger partial charge in [0.1, 0.15) is 0 Å². The molecule has 8 heteroatoms. The summed E-state index contributed by atoms with van der Waals surface area (Å²) in [5, 5.41) is 0. The van der Waals surface area contributed by atoms with Crippen LogP contribution in [0.2, 0.25) is 0 Å². The van der Waals surface area contributed by atoms with E-state index >= 15 is 0 Å². The van der Waals surface area contributed by atoms with Crippen molar-refractivity contribution >= 4 is 17.0 Å². The first-order valence-corrected chi connectivity index (χ1v) is 11.8. The van der Waals surface area contributed by atoms with E-state index in [0.29, 0.717) is 36.0 Å². The topological polar surface area (TPSA) is 99.9 Å². The van der Waals surface area contributed by atoms with Gasteiger partial charge in [-0.1, -0.05) is 6.92 Å². The van der Waals surface area contributed by atoms with E-state index in [2.05, 4.69) is 11.8 Å². The number of oxazole rings is 1. The molecule has 1 saturated heterocycles. The first-order chi connectivity index (χ1) is 15.5. The number of ether oxygens (including phenoxy) is 2. The van der Waals surface area contributed by atoms with Gasteiger partial charge in [-0.25, -0.2) is 4.79 Å². The first-order valence-electron chi connectivity index (χ1n) is 11.8. The lowest BCUT2D eigenvalue weighted by molar-refractivity contribution is -0.0492. The summed E-state index contributed by atoms with van der Waals surface area (Å²) >= 11 is 0. The first kappa shape index (κ1) is 23.0. The maximum absolute atomic E-state index is 12.6. The number of piperidine rings is 1. The summed E-state index contributed by atoms with van der Waals surface area (Å²) in [6.07, 6.45) is 7.66. The van der Waals surface area contributed by atoms with Crippen LogP contribution in [-0.2, 0) is 9.47 Å². The zero-order valence-electron chi connectivity index (χ0n) is 19.2. The molecule has 1 aliphatic heterocycles. The Hall–Kier alpha value is -2.16. The average molecular weight is 446 g/mol. The van der Waals surface area contributed by atoms with Gasteiger partial charge in [-0.2, -0.15) is 0 Å². The Morgan fingerprint density at radius 3 is 2.53 bits per heavy atom. The predicted octanol–water partition coefficient (Wildman–Crippen LogP) is 3.08. The zero-order valence-corrected chi connectivity index (χ0v) is 19.2. The number of carbonyl (C=O) groups is 1. The second-order valence-electron chi connectivity index (χ2n) is 9.14. The molecule has 0 radical (unpaired) electrons. The highest BCUT2D eigenvalue weighted by Crippen LogP contribution is 2.40. The predicted molar refractivity (Wildman–Crippen MR) is 122 cm³/mol. The number of fused-ring (bicyclic) bond motifs is 1. The highest BCUT2D eigenvalue weighted by molar-refractivity contribution is 5.95. The second kappa shape index (κ2) is 9.77. The molecule has 0 bridgehead atoms. The SMILES string of the molecule is CCC1(N2CCC(n3c(=O)oc4ccc(C(N)=O)cc43)CC2)CCC(OCCOC)CC1. The maximum Gasteiger partial charge on any atom is 0.420 e. The van der Waals surface area contributed by atoms with E-state index in [9.17, 15) is 9.59 Å². The Balaban J connectivity index is 1.43. The lowest BCUT2D eigenvalue weighted by Gasteiger charge is -2.50. The molecule has 2 aliphatic rings. The Morgan fingerprint density at radius 1 is 1.19 bits per heavy atom. The fourth-order valence-corrected chi connectivity index (χ4v) is 5.62. The largest absolute Gasteiger partial charge is 0.420 e. The van der Waals surface area contributed by atoms with Crippen LogP contribution in [-0.4, -0.2) is 60.4 Å². The molecule has 4 rings (SSSR count). The molecule has 1 saturated carbocycles. The van der Waals surface area contributed by atoms with Crippen LogP contribution in [0.4, 0.5) is 0 Å². The van der Waals surface area contributed by atoms with Crippen molar-refractivity contribution < 1.29 is 18.7 Å². The summed E-state index contributed by atoms with van der Waals surface area (Å²) in [6.45, 7) is 5.49. The minimum Gasteiger partial charge on any atom is -0.408 e. The molecule has 0 atom stereocenters. The minimum atomic E-state index is -0.506. The Bertz CT molecular complexity index is 981. The molecule has 176 valence electrons. The lowest BCUT2D eigenvalue weighted by atomic mass is 9.76. The summed E-state index contributed by atoms with van der Waals surface area (Å²) < 4.78 is 18.2. The van der Waals surface area contributed by atoms with Crippen molar-refractivity contribution in [2.24, 2.45) is 5.73 Å². The molecule has 1 aliphatic carbocycles. The van der Waals surface area contributed by atoms with E-state index in [0.717, 1.165) is 58.0 Å². The number of nitrogens with two attached hydrogens (primary N) is 1. The number of rotatable bonds is 8. The average Bonchev–Trinajstić information content (AvgIpc) is 3.14. The van der Waals surface area contributed by atoms with Gasteiger partial charge in [-0.15, -0.1) is 0 Å². The Labute approximate surface area is 188 Å². The van der Waals surface area contributed by atoms with Crippen LogP contribution in [0.15, 0.2) is 27.4 Å². The van der Waals surface area contributed by atoms with Crippen LogP contribution in [0, 0.1) is 0 Å². The van der Waals surface area contributed by atoms with Gasteiger partial charge in [0.05, 0.1) is 24.8 Å². The molecule has 2 fully saturated rings. The molecule has 2 heterocycles. The molecule has 2 aromatic rings. The molecule has 1 aromatic carbocycles. The van der Waals surface area contributed by atoms with Crippen LogP contribution >= 0.6 is 0 Å². The number of methoxy groups -OCH3 is 1. The number of benzene rings is 1. The number of primary amides is 1. The smallest absolute Gasteiger partial charge is 0.408 e. The van der Waals surface area contributed by atoms with Crippen molar-refractivity contribution in [3.63, 3.8) is 0 Å². The van der Waals surface area contributed by atoms with Gasteiger partial charge >= 0.3 is 5.76 Å². The van der Waals surface area contributed by atoms with Crippen molar-refractivity contribution in [2.45, 2.75) is 69.6 Å². The van der Waals surface area contributed by atoms with Gasteiger partial charge in [0.2, 0.25) is 5.91 Å². The second-order valence-corrected chi connectivity index (χ2v) is 9.14. The fourth-order valence-electron chi connectivity index (χ4n) is 5.62. The molecular formula is C24H35N3O5. The molecule has 1 aromatic heterocycles. The fraction of sp³-hybridized carbons (Fsp3) is 0.667. The lowest BCUT2D eigenvalue weighted by Crippen LogP contribution is -2.54. The third-order valence-electron chi connectivity index (χ3n) is 7.56. The molecule has 0 unspecified atom stereocenters. The third-order valence-corrected chi connectivity index (χ3v) is 7.56. The Kier molecular flexibility index (Phi) is 7.02. The van der Waals surface area contributed by atoms with Crippen LogP contribution in [0.1, 0.15) is 68.3 Å². The third kappa shape index (κ3) is 4.49. The summed E-state index contributed by atoms with van der Waals surface area (Å²) in [7, 11) is 1.70.